The minimum absolute atomic E-state index is 0.00804. The zero-order valence-electron chi connectivity index (χ0n) is 63.3. The lowest BCUT2D eigenvalue weighted by molar-refractivity contribution is -0.154. The Hall–Kier alpha value is -8.29. The van der Waals surface area contributed by atoms with Gasteiger partial charge in [0.25, 0.3) is 0 Å². The summed E-state index contributed by atoms with van der Waals surface area (Å²) in [6.45, 7) is 18.3. The Morgan fingerprint density at radius 3 is 1.19 bits per heavy atom. The molecule has 594 valence electrons. The van der Waals surface area contributed by atoms with E-state index >= 15 is 0 Å². The van der Waals surface area contributed by atoms with E-state index in [0.29, 0.717) is 75.1 Å². The molecule has 7 atom stereocenters. The minimum atomic E-state index is -5.03. The topological polar surface area (TPSA) is 226 Å². The van der Waals surface area contributed by atoms with Crippen LogP contribution in [0.3, 0.4) is 0 Å². The van der Waals surface area contributed by atoms with Gasteiger partial charge in [0.2, 0.25) is 29.5 Å². The summed E-state index contributed by atoms with van der Waals surface area (Å²) < 4.78 is 128. The second-order valence-corrected chi connectivity index (χ2v) is 31.5. The van der Waals surface area contributed by atoms with Crippen molar-refractivity contribution in [2.24, 2.45) is 39.9 Å². The molecule has 4 N–H and O–H groups in total. The molecule has 0 radical (unpaired) electrons. The van der Waals surface area contributed by atoms with E-state index in [4.69, 9.17) is 15.2 Å². The number of ether oxygens (including phenoxy) is 2. The number of halogens is 11. The molecule has 17 nitrogen and oxygen atoms in total. The standard InChI is InChI=1S/C24H22F6N2O2.C17H21NO3.C16H19NO3.C14H17NO3.C8H8F3N.C3H6I2/c1-13-5-3-6-14(2)19(13)32-12-22(8-4-7-18(22)20(32)33)21(34)31-17-10-15(23(25,26)27)9-16(11-17)24(28,29)30;1-11-6-4-7-12(2)14(11)18-10-17(16(20)21-3)9-5-8-13(17)15(18)19;1-10-5-3-6-11(2)13(10)17-9-16(15(19)20)8-4-7-12(16)14(17)18;1-9-5-4-6-10(2)13(9)15-8-11(7-12(15)16)14(17)18-3;1-5-2-6(8(9,10)11)4-7(12)3-5;4-2-1-3-5/h3,5-6,9-11,18H,4,7-8,12H2,1-2H3,(H,31,34);4,6-7,13H,5,8-10H2,1-3H3;3,5-6,12H,4,7-9H2,1-2H3,(H,19,20);4-6,11H,7-8H2,1-3H3;2-4H,12H2,1H3;1-3H2. The van der Waals surface area contributed by atoms with E-state index in [1.54, 1.807) is 16.7 Å². The van der Waals surface area contributed by atoms with Crippen molar-refractivity contribution < 1.29 is 92.5 Å². The fourth-order valence-electron chi connectivity index (χ4n) is 16.7. The van der Waals surface area contributed by atoms with Gasteiger partial charge in [-0.05, 0) is 194 Å². The molecule has 4 aliphatic heterocycles. The van der Waals surface area contributed by atoms with Crippen molar-refractivity contribution in [3.63, 3.8) is 0 Å². The van der Waals surface area contributed by atoms with Gasteiger partial charge in [0, 0.05) is 75.6 Å². The molecule has 4 heterocycles. The smallest absolute Gasteiger partial charge is 0.416 e. The minimum Gasteiger partial charge on any atom is -0.481 e. The van der Waals surface area contributed by atoms with Gasteiger partial charge < -0.3 is 45.2 Å². The number of nitrogens with two attached hydrogens (primary N) is 1. The molecule has 28 heteroatoms. The number of nitrogen functional groups attached to an aromatic ring is 1. The number of para-hydroxylation sites is 4. The molecular weight excluding hydrogens is 1670 g/mol. The first-order valence-corrected chi connectivity index (χ1v) is 39.2. The number of carbonyl (C=O) groups is 8. The number of nitrogens with zero attached hydrogens (tertiary/aromatic N) is 4. The maximum atomic E-state index is 13.4. The van der Waals surface area contributed by atoms with Crippen molar-refractivity contribution >= 4 is 127 Å². The predicted octanol–water partition coefficient (Wildman–Crippen LogP) is 17.9. The monoisotopic (exact) mass is 1760 g/mol. The van der Waals surface area contributed by atoms with E-state index < -0.39 is 74.9 Å². The number of hydrogen-bond donors (Lipinski definition) is 3. The van der Waals surface area contributed by atoms with Gasteiger partial charge in [-0.3, -0.25) is 38.4 Å². The normalized spacial score (nSPS) is 22.4. The average molecular weight is 1760 g/mol. The lowest BCUT2D eigenvalue weighted by Crippen LogP contribution is -2.40. The summed E-state index contributed by atoms with van der Waals surface area (Å²) in [5.74, 6) is -3.91. The number of carboxylic acids is 1. The van der Waals surface area contributed by atoms with Crippen molar-refractivity contribution in [2.75, 3.05) is 79.9 Å². The van der Waals surface area contributed by atoms with E-state index in [-0.39, 0.29) is 78.0 Å². The van der Waals surface area contributed by atoms with Crippen molar-refractivity contribution in [3.8, 4) is 0 Å². The van der Waals surface area contributed by atoms with Crippen LogP contribution in [0, 0.1) is 102 Å². The third-order valence-corrected chi connectivity index (χ3v) is 23.4. The first-order chi connectivity index (χ1) is 51.6. The molecule has 3 saturated carbocycles. The third-order valence-electron chi connectivity index (χ3n) is 21.9. The van der Waals surface area contributed by atoms with Crippen molar-refractivity contribution in [1.29, 1.82) is 0 Å². The number of aryl methyl sites for hydroxylation is 9. The SMILES string of the molecule is COC(=O)C12CCCC1C(=O)N(c1c(C)cccc1C)C2.COC(=O)C1CC(=O)N(c2c(C)cccc2C)C1.Cc1cc(N)cc(C(F)(F)F)c1.Cc1cccc(C)c1N1CC2(C(=O)Nc3cc(C(F)(F)F)cc(C(F)(F)F)c3)CCCC2C1=O.Cc1cccc(C)c1N1CC2(C(=O)O)CCCC2C1=O.ICCCI. The second kappa shape index (κ2) is 35.6. The van der Waals surface area contributed by atoms with Crippen molar-refractivity contribution in [1.82, 2.24) is 0 Å². The summed E-state index contributed by atoms with van der Waals surface area (Å²) in [6.07, 6.45) is -6.88. The van der Waals surface area contributed by atoms with Gasteiger partial charge in [0.05, 0.1) is 70.8 Å². The van der Waals surface area contributed by atoms with Gasteiger partial charge in [-0.2, -0.15) is 39.5 Å². The van der Waals surface area contributed by atoms with Crippen molar-refractivity contribution in [3.05, 3.63) is 176 Å². The molecule has 4 saturated heterocycles. The van der Waals surface area contributed by atoms with Gasteiger partial charge >= 0.3 is 36.4 Å². The van der Waals surface area contributed by atoms with Gasteiger partial charge in [-0.25, -0.2) is 0 Å². The molecule has 0 bridgehead atoms. The second-order valence-electron chi connectivity index (χ2n) is 29.4. The summed E-state index contributed by atoms with van der Waals surface area (Å²) in [5.41, 5.74) is 10.2. The zero-order chi connectivity index (χ0) is 81.5. The van der Waals surface area contributed by atoms with Crippen LogP contribution in [0.1, 0.15) is 137 Å². The highest BCUT2D eigenvalue weighted by atomic mass is 127. The Morgan fingerprint density at radius 2 is 0.845 bits per heavy atom. The van der Waals surface area contributed by atoms with E-state index in [1.165, 1.54) is 40.5 Å². The van der Waals surface area contributed by atoms with Gasteiger partial charge in [-0.1, -0.05) is 137 Å². The third kappa shape index (κ3) is 18.7. The molecule has 3 aliphatic carbocycles. The van der Waals surface area contributed by atoms with Gasteiger partial charge in [0.15, 0.2) is 0 Å². The fraction of sp³-hybridized carbons (Fsp3) is 0.463. The van der Waals surface area contributed by atoms with Crippen LogP contribution >= 0.6 is 45.2 Å². The van der Waals surface area contributed by atoms with Crippen LogP contribution in [-0.2, 0) is 66.4 Å². The molecule has 5 amide bonds. The number of carbonyl (C=O) groups excluding carboxylic acids is 7. The molecule has 0 aromatic heterocycles. The number of anilines is 6. The number of fused-ring (bicyclic) bond motifs is 3. The molecule has 7 aliphatic rings. The Morgan fingerprint density at radius 1 is 0.500 bits per heavy atom. The maximum absolute atomic E-state index is 13.4. The Bertz CT molecular complexity index is 4320. The maximum Gasteiger partial charge on any atom is 0.416 e. The van der Waals surface area contributed by atoms with E-state index in [0.717, 1.165) is 99.4 Å². The highest BCUT2D eigenvalue weighted by Crippen LogP contribution is 2.55. The van der Waals surface area contributed by atoms with Crippen LogP contribution in [0.15, 0.2) is 109 Å². The van der Waals surface area contributed by atoms with Crippen LogP contribution in [-0.4, -0.2) is 102 Å². The number of esters is 2. The first kappa shape index (κ1) is 87.3. The number of alkyl halides is 11. The number of benzene rings is 6. The number of aliphatic carboxylic acids is 1. The van der Waals surface area contributed by atoms with Gasteiger partial charge in [0.1, 0.15) is 0 Å². The summed E-state index contributed by atoms with van der Waals surface area (Å²) in [5, 5.41) is 11.9. The summed E-state index contributed by atoms with van der Waals surface area (Å²) in [7, 11) is 2.77. The van der Waals surface area contributed by atoms with Crippen LogP contribution < -0.4 is 30.7 Å². The number of hydrogen-bond acceptors (Lipinski definition) is 11. The molecular formula is C82H93F9I2N6O11. The van der Waals surface area contributed by atoms with E-state index in [2.05, 4.69) is 50.5 Å². The molecule has 6 aromatic carbocycles. The Kier molecular flexibility index (Phi) is 28.2. The van der Waals surface area contributed by atoms with Crippen LogP contribution in [0.25, 0.3) is 0 Å². The molecule has 0 spiro atoms. The highest BCUT2D eigenvalue weighted by molar-refractivity contribution is 14.1. The fourth-order valence-corrected chi connectivity index (χ4v) is 19.0. The first-order valence-electron chi connectivity index (χ1n) is 36.1. The number of carboxylic acid groups (broad SMARTS) is 1. The summed E-state index contributed by atoms with van der Waals surface area (Å²) >= 11 is 4.77. The van der Waals surface area contributed by atoms with Crippen molar-refractivity contribution in [2.45, 2.75) is 151 Å². The molecule has 110 heavy (non-hydrogen) atoms. The highest BCUT2D eigenvalue weighted by Gasteiger charge is 2.63. The summed E-state index contributed by atoms with van der Waals surface area (Å²) in [4.78, 5) is 106. The predicted molar refractivity (Wildman–Crippen MR) is 420 cm³/mol. The number of rotatable bonds is 11. The molecule has 6 aromatic rings. The zero-order valence-corrected chi connectivity index (χ0v) is 67.6. The number of nitrogens with one attached hydrogen (secondary N) is 1. The van der Waals surface area contributed by atoms with Crippen LogP contribution in [0.2, 0.25) is 0 Å². The van der Waals surface area contributed by atoms with Crippen LogP contribution in [0.4, 0.5) is 73.6 Å². The Balaban J connectivity index is 0.000000176. The lowest BCUT2D eigenvalue weighted by Gasteiger charge is -2.28. The van der Waals surface area contributed by atoms with E-state index in [1.807, 2.05) is 133 Å². The Labute approximate surface area is 662 Å². The van der Waals surface area contributed by atoms with Crippen LogP contribution in [0.5, 0.6) is 0 Å². The lowest BCUT2D eigenvalue weighted by atomic mass is 9.79. The average Bonchev–Trinajstić information content (AvgIpc) is 1.59. The molecule has 7 unspecified atom stereocenters. The quantitative estimate of drug-likeness (QED) is 0.0362. The van der Waals surface area contributed by atoms with Gasteiger partial charge in [-0.15, -0.1) is 0 Å². The number of amides is 5. The molecule has 13 rings (SSSR count). The van der Waals surface area contributed by atoms with E-state index in [9.17, 15) is 83.0 Å². The number of methoxy groups -OCH3 is 2. The summed E-state index contributed by atoms with van der Waals surface area (Å²) in [6, 6.07) is 27.8. The largest absolute Gasteiger partial charge is 0.481 e. The molecule has 7 fully saturated rings.